The smallest absolute Gasteiger partial charge is 0.326 e. The average Bonchev–Trinajstić information content (AvgIpc) is 3.23. The van der Waals surface area contributed by atoms with Crippen LogP contribution in [-0.4, -0.2) is 42.0 Å². The molecule has 1 saturated heterocycles. The van der Waals surface area contributed by atoms with Gasteiger partial charge in [-0.1, -0.05) is 54.6 Å². The first-order valence-corrected chi connectivity index (χ1v) is 8.84. The van der Waals surface area contributed by atoms with Gasteiger partial charge in [0.2, 0.25) is 5.91 Å². The Labute approximate surface area is 157 Å². The molecule has 3 rings (SSSR count). The van der Waals surface area contributed by atoms with Crippen LogP contribution in [0.2, 0.25) is 0 Å². The normalized spacial score (nSPS) is 17.3. The Morgan fingerprint density at radius 2 is 1.70 bits per heavy atom. The Morgan fingerprint density at radius 3 is 2.30 bits per heavy atom. The lowest BCUT2D eigenvalue weighted by atomic mass is 9.99. The molecular weight excluding hydrogens is 346 g/mol. The zero-order chi connectivity index (χ0) is 19.2. The van der Waals surface area contributed by atoms with Crippen molar-refractivity contribution in [2.45, 2.75) is 18.9 Å². The molecular formula is C21H21NO5. The van der Waals surface area contributed by atoms with Crippen LogP contribution in [0.3, 0.4) is 0 Å². The van der Waals surface area contributed by atoms with Gasteiger partial charge in [0.25, 0.3) is 0 Å². The Hall–Kier alpha value is -2.99. The molecule has 2 N–H and O–H groups in total. The second kappa shape index (κ2) is 8.60. The lowest BCUT2D eigenvalue weighted by molar-refractivity contribution is -0.142. The van der Waals surface area contributed by atoms with E-state index in [0.29, 0.717) is 30.8 Å². The number of nitrogens with one attached hydrogen (secondary N) is 1. The number of aliphatic carboxylic acids is 1. The van der Waals surface area contributed by atoms with E-state index in [1.807, 2.05) is 6.07 Å². The highest BCUT2D eigenvalue weighted by atomic mass is 16.5. The van der Waals surface area contributed by atoms with Crippen molar-refractivity contribution >= 4 is 17.7 Å². The molecule has 27 heavy (non-hydrogen) atoms. The standard InChI is InChI=1S/C21H21NO5/c23-19(15-4-2-1-3-5-15)16-8-6-14(7-9-16)12-18(21(25)26)22-20(24)17-10-11-27-13-17/h1-9,17-18H,10-13H2,(H,22,24)(H,25,26)/t17-,18-/m1/s1. The first kappa shape index (κ1) is 18.8. The highest BCUT2D eigenvalue weighted by Gasteiger charge is 2.28. The maximum atomic E-state index is 12.4. The number of hydrogen-bond acceptors (Lipinski definition) is 4. The molecule has 2 aromatic rings. The topological polar surface area (TPSA) is 92.7 Å². The molecule has 0 bridgehead atoms. The van der Waals surface area contributed by atoms with Crippen LogP contribution in [0.15, 0.2) is 54.6 Å². The summed E-state index contributed by atoms with van der Waals surface area (Å²) >= 11 is 0. The summed E-state index contributed by atoms with van der Waals surface area (Å²) in [7, 11) is 0. The maximum absolute atomic E-state index is 12.4. The summed E-state index contributed by atoms with van der Waals surface area (Å²) < 4.78 is 5.17. The van der Waals surface area contributed by atoms with Gasteiger partial charge in [-0.05, 0) is 12.0 Å². The molecule has 2 aromatic carbocycles. The van der Waals surface area contributed by atoms with Gasteiger partial charge < -0.3 is 15.2 Å². The number of ketones is 1. The van der Waals surface area contributed by atoms with Crippen molar-refractivity contribution in [3.8, 4) is 0 Å². The van der Waals surface area contributed by atoms with Crippen molar-refractivity contribution in [1.82, 2.24) is 5.32 Å². The molecule has 1 fully saturated rings. The quantitative estimate of drug-likeness (QED) is 0.731. The minimum Gasteiger partial charge on any atom is -0.480 e. The highest BCUT2D eigenvalue weighted by Crippen LogP contribution is 2.15. The summed E-state index contributed by atoms with van der Waals surface area (Å²) in [5, 5.41) is 12.0. The number of carboxylic acid groups (broad SMARTS) is 1. The number of carbonyl (C=O) groups is 3. The molecule has 1 heterocycles. The lowest BCUT2D eigenvalue weighted by Gasteiger charge is -2.17. The van der Waals surface area contributed by atoms with Gasteiger partial charge in [0.05, 0.1) is 12.5 Å². The van der Waals surface area contributed by atoms with E-state index in [9.17, 15) is 19.5 Å². The summed E-state index contributed by atoms with van der Waals surface area (Å²) in [6.07, 6.45) is 0.753. The average molecular weight is 367 g/mol. The van der Waals surface area contributed by atoms with Gasteiger partial charge in [0.1, 0.15) is 6.04 Å². The van der Waals surface area contributed by atoms with E-state index < -0.39 is 12.0 Å². The summed E-state index contributed by atoms with van der Waals surface area (Å²) in [6, 6.07) is 14.7. The summed E-state index contributed by atoms with van der Waals surface area (Å²) in [4.78, 5) is 36.1. The molecule has 140 valence electrons. The lowest BCUT2D eigenvalue weighted by Crippen LogP contribution is -2.45. The van der Waals surface area contributed by atoms with E-state index in [-0.39, 0.29) is 24.0 Å². The van der Waals surface area contributed by atoms with E-state index >= 15 is 0 Å². The van der Waals surface area contributed by atoms with Crippen molar-refractivity contribution in [3.05, 3.63) is 71.3 Å². The first-order chi connectivity index (χ1) is 13.0. The van der Waals surface area contributed by atoms with Crippen LogP contribution in [-0.2, 0) is 20.7 Å². The number of carboxylic acids is 1. The molecule has 0 aliphatic carbocycles. The van der Waals surface area contributed by atoms with Crippen molar-refractivity contribution in [1.29, 1.82) is 0 Å². The first-order valence-electron chi connectivity index (χ1n) is 8.84. The molecule has 0 radical (unpaired) electrons. The third kappa shape index (κ3) is 4.80. The fraction of sp³-hybridized carbons (Fsp3) is 0.286. The van der Waals surface area contributed by atoms with Crippen LogP contribution in [0.25, 0.3) is 0 Å². The number of ether oxygens (including phenoxy) is 1. The Morgan fingerprint density at radius 1 is 1.04 bits per heavy atom. The second-order valence-corrected chi connectivity index (χ2v) is 6.56. The van der Waals surface area contributed by atoms with E-state index in [1.54, 1.807) is 48.5 Å². The number of amides is 1. The number of benzene rings is 2. The molecule has 0 saturated carbocycles. The minimum atomic E-state index is -1.09. The molecule has 0 aromatic heterocycles. The van der Waals surface area contributed by atoms with Crippen molar-refractivity contribution in [3.63, 3.8) is 0 Å². The minimum absolute atomic E-state index is 0.0912. The third-order valence-corrected chi connectivity index (χ3v) is 4.61. The predicted octanol–water partition coefficient (Wildman–Crippen LogP) is 2.07. The Balaban J connectivity index is 1.65. The predicted molar refractivity (Wildman–Crippen MR) is 98.5 cm³/mol. The molecule has 1 aliphatic heterocycles. The molecule has 6 heteroatoms. The monoisotopic (exact) mass is 367 g/mol. The fourth-order valence-corrected chi connectivity index (χ4v) is 3.02. The zero-order valence-corrected chi connectivity index (χ0v) is 14.8. The second-order valence-electron chi connectivity index (χ2n) is 6.56. The van der Waals surface area contributed by atoms with Gasteiger partial charge in [-0.25, -0.2) is 4.79 Å². The van der Waals surface area contributed by atoms with Gasteiger partial charge in [0, 0.05) is 24.2 Å². The largest absolute Gasteiger partial charge is 0.480 e. The van der Waals surface area contributed by atoms with Gasteiger partial charge in [-0.2, -0.15) is 0 Å². The summed E-state index contributed by atoms with van der Waals surface area (Å²) in [5.74, 6) is -1.77. The number of hydrogen-bond donors (Lipinski definition) is 2. The van der Waals surface area contributed by atoms with E-state index in [1.165, 1.54) is 0 Å². The van der Waals surface area contributed by atoms with E-state index in [2.05, 4.69) is 5.32 Å². The van der Waals surface area contributed by atoms with Crippen LogP contribution in [0.1, 0.15) is 27.9 Å². The van der Waals surface area contributed by atoms with Crippen LogP contribution < -0.4 is 5.32 Å². The number of rotatable bonds is 7. The van der Waals surface area contributed by atoms with Gasteiger partial charge in [-0.3, -0.25) is 9.59 Å². The van der Waals surface area contributed by atoms with Crippen LogP contribution >= 0.6 is 0 Å². The van der Waals surface area contributed by atoms with Crippen LogP contribution in [0, 0.1) is 5.92 Å². The van der Waals surface area contributed by atoms with Gasteiger partial charge in [-0.15, -0.1) is 0 Å². The summed E-state index contributed by atoms with van der Waals surface area (Å²) in [5.41, 5.74) is 1.86. The summed E-state index contributed by atoms with van der Waals surface area (Å²) in [6.45, 7) is 0.848. The molecule has 1 aliphatic rings. The van der Waals surface area contributed by atoms with Crippen LogP contribution in [0.4, 0.5) is 0 Å². The van der Waals surface area contributed by atoms with Crippen LogP contribution in [0.5, 0.6) is 0 Å². The molecule has 0 spiro atoms. The highest BCUT2D eigenvalue weighted by molar-refractivity contribution is 6.08. The molecule has 1 amide bonds. The van der Waals surface area contributed by atoms with E-state index in [4.69, 9.17) is 4.74 Å². The van der Waals surface area contributed by atoms with E-state index in [0.717, 1.165) is 5.56 Å². The van der Waals surface area contributed by atoms with Gasteiger partial charge >= 0.3 is 5.97 Å². The fourth-order valence-electron chi connectivity index (χ4n) is 3.02. The van der Waals surface area contributed by atoms with Gasteiger partial charge in [0.15, 0.2) is 5.78 Å². The Bertz CT molecular complexity index is 810. The van der Waals surface area contributed by atoms with Crippen molar-refractivity contribution < 1.29 is 24.2 Å². The zero-order valence-electron chi connectivity index (χ0n) is 14.8. The van der Waals surface area contributed by atoms with Crippen molar-refractivity contribution in [2.24, 2.45) is 5.92 Å². The molecule has 6 nitrogen and oxygen atoms in total. The SMILES string of the molecule is O=C(c1ccccc1)c1ccc(C[C@@H](NC(=O)[C@@H]2CCOC2)C(=O)O)cc1. The Kier molecular flexibility index (Phi) is 5.98. The molecule has 2 atom stereocenters. The maximum Gasteiger partial charge on any atom is 0.326 e. The molecule has 0 unspecified atom stereocenters. The number of carbonyl (C=O) groups excluding carboxylic acids is 2. The van der Waals surface area contributed by atoms with Crippen molar-refractivity contribution in [2.75, 3.05) is 13.2 Å². The third-order valence-electron chi connectivity index (χ3n) is 4.61.